The first-order valence-corrected chi connectivity index (χ1v) is 8.47. The Balaban J connectivity index is 1.96. The summed E-state index contributed by atoms with van der Waals surface area (Å²) < 4.78 is 6.02. The summed E-state index contributed by atoms with van der Waals surface area (Å²) in [4.78, 5) is 0. The molecule has 0 radical (unpaired) electrons. The minimum Gasteiger partial charge on any atom is -0.488 e. The number of para-hydroxylation sites is 2. The molecular formula is C22H24N2O. The normalized spacial score (nSPS) is 11.0. The van der Waals surface area contributed by atoms with E-state index in [1.807, 2.05) is 66.7 Å². The van der Waals surface area contributed by atoms with Crippen molar-refractivity contribution >= 4 is 17.1 Å². The molecule has 0 aromatic heterocycles. The van der Waals surface area contributed by atoms with Crippen molar-refractivity contribution in [3.8, 4) is 5.75 Å². The number of ether oxygens (including phenoxy) is 1. The fourth-order valence-electron chi connectivity index (χ4n) is 2.54. The lowest BCUT2D eigenvalue weighted by atomic mass is 10.2. The van der Waals surface area contributed by atoms with Crippen LogP contribution in [0.4, 0.5) is 17.1 Å². The van der Waals surface area contributed by atoms with Crippen LogP contribution in [0.25, 0.3) is 0 Å². The third-order valence-electron chi connectivity index (χ3n) is 3.53. The summed E-state index contributed by atoms with van der Waals surface area (Å²) in [5.41, 5.74) is 6.33. The van der Waals surface area contributed by atoms with Crippen LogP contribution in [0.15, 0.2) is 84.9 Å². The SMILES string of the molecule is CC(C)(C)Oc1cccc(N(Nc2ccccc2)c2ccccc2)c1. The van der Waals surface area contributed by atoms with Crippen molar-refractivity contribution in [2.45, 2.75) is 26.4 Å². The number of nitrogens with zero attached hydrogens (tertiary/aromatic N) is 1. The molecule has 1 N–H and O–H groups in total. The van der Waals surface area contributed by atoms with E-state index in [2.05, 4.69) is 49.4 Å². The van der Waals surface area contributed by atoms with Crippen molar-refractivity contribution < 1.29 is 4.74 Å². The quantitative estimate of drug-likeness (QED) is 0.577. The summed E-state index contributed by atoms with van der Waals surface area (Å²) in [6, 6.07) is 28.5. The van der Waals surface area contributed by atoms with Gasteiger partial charge in [0, 0.05) is 6.07 Å². The van der Waals surface area contributed by atoms with Crippen LogP contribution < -0.4 is 15.2 Å². The van der Waals surface area contributed by atoms with Crippen molar-refractivity contribution in [3.05, 3.63) is 84.9 Å². The van der Waals surface area contributed by atoms with Crippen LogP contribution in [0, 0.1) is 0 Å². The van der Waals surface area contributed by atoms with Crippen molar-refractivity contribution in [3.63, 3.8) is 0 Å². The number of rotatable bonds is 5. The fraction of sp³-hybridized carbons (Fsp3) is 0.182. The van der Waals surface area contributed by atoms with E-state index in [1.165, 1.54) is 0 Å². The van der Waals surface area contributed by atoms with Gasteiger partial charge in [-0.1, -0.05) is 42.5 Å². The van der Waals surface area contributed by atoms with Gasteiger partial charge in [-0.15, -0.1) is 0 Å². The molecule has 0 bridgehead atoms. The van der Waals surface area contributed by atoms with E-state index < -0.39 is 0 Å². The Morgan fingerprint density at radius 2 is 1.32 bits per heavy atom. The van der Waals surface area contributed by atoms with Gasteiger partial charge in [0.25, 0.3) is 0 Å². The molecule has 0 atom stereocenters. The zero-order chi connectivity index (χ0) is 17.7. The zero-order valence-corrected chi connectivity index (χ0v) is 14.9. The highest BCUT2D eigenvalue weighted by Gasteiger charge is 2.14. The monoisotopic (exact) mass is 332 g/mol. The van der Waals surface area contributed by atoms with Crippen LogP contribution in [-0.2, 0) is 0 Å². The van der Waals surface area contributed by atoms with E-state index in [-0.39, 0.29) is 5.60 Å². The largest absolute Gasteiger partial charge is 0.488 e. The number of nitrogens with one attached hydrogen (secondary N) is 1. The van der Waals surface area contributed by atoms with Gasteiger partial charge in [0.15, 0.2) is 0 Å². The molecule has 3 aromatic rings. The molecule has 0 saturated heterocycles. The average Bonchev–Trinajstić information content (AvgIpc) is 2.60. The molecule has 0 aliphatic carbocycles. The molecule has 3 heteroatoms. The van der Waals surface area contributed by atoms with Gasteiger partial charge in [-0.2, -0.15) is 0 Å². The highest BCUT2D eigenvalue weighted by Crippen LogP contribution is 2.30. The zero-order valence-electron chi connectivity index (χ0n) is 14.9. The molecule has 0 unspecified atom stereocenters. The van der Waals surface area contributed by atoms with Crippen LogP contribution in [0.2, 0.25) is 0 Å². The maximum absolute atomic E-state index is 6.02. The van der Waals surface area contributed by atoms with Crippen LogP contribution in [-0.4, -0.2) is 5.60 Å². The second kappa shape index (κ2) is 7.31. The summed E-state index contributed by atoms with van der Waals surface area (Å²) in [5.74, 6) is 0.848. The molecule has 0 saturated carbocycles. The van der Waals surface area contributed by atoms with Gasteiger partial charge in [0.2, 0.25) is 0 Å². The van der Waals surface area contributed by atoms with Gasteiger partial charge in [0.05, 0.1) is 17.1 Å². The van der Waals surface area contributed by atoms with E-state index in [4.69, 9.17) is 4.74 Å². The maximum Gasteiger partial charge on any atom is 0.122 e. The smallest absolute Gasteiger partial charge is 0.122 e. The first-order chi connectivity index (χ1) is 12.0. The highest BCUT2D eigenvalue weighted by molar-refractivity contribution is 5.69. The van der Waals surface area contributed by atoms with Crippen molar-refractivity contribution in [2.24, 2.45) is 0 Å². The van der Waals surface area contributed by atoms with Gasteiger partial charge in [-0.25, -0.2) is 0 Å². The summed E-state index contributed by atoms with van der Waals surface area (Å²) in [7, 11) is 0. The van der Waals surface area contributed by atoms with Crippen molar-refractivity contribution in [1.82, 2.24) is 0 Å². The Labute approximate surface area is 149 Å². The fourth-order valence-corrected chi connectivity index (χ4v) is 2.54. The first-order valence-electron chi connectivity index (χ1n) is 8.47. The Morgan fingerprint density at radius 3 is 1.96 bits per heavy atom. The van der Waals surface area contributed by atoms with Crippen molar-refractivity contribution in [1.29, 1.82) is 0 Å². The lowest BCUT2D eigenvalue weighted by Gasteiger charge is -2.28. The van der Waals surface area contributed by atoms with Crippen LogP contribution in [0.1, 0.15) is 20.8 Å². The minimum atomic E-state index is -0.233. The van der Waals surface area contributed by atoms with Gasteiger partial charge in [0.1, 0.15) is 11.4 Å². The van der Waals surface area contributed by atoms with E-state index >= 15 is 0 Å². The van der Waals surface area contributed by atoms with E-state index in [1.54, 1.807) is 0 Å². The summed E-state index contributed by atoms with van der Waals surface area (Å²) in [5, 5.41) is 2.06. The third kappa shape index (κ3) is 4.77. The number of hydrazine groups is 1. The molecule has 0 heterocycles. The molecule has 0 fully saturated rings. The van der Waals surface area contributed by atoms with Gasteiger partial charge < -0.3 is 4.74 Å². The molecular weight excluding hydrogens is 308 g/mol. The van der Waals surface area contributed by atoms with Crippen LogP contribution in [0.3, 0.4) is 0 Å². The minimum absolute atomic E-state index is 0.233. The molecule has 0 aliphatic rings. The molecule has 3 rings (SSSR count). The molecule has 0 aliphatic heterocycles. The molecule has 0 amide bonds. The van der Waals surface area contributed by atoms with Gasteiger partial charge >= 0.3 is 0 Å². The van der Waals surface area contributed by atoms with Crippen LogP contribution in [0.5, 0.6) is 5.75 Å². The lowest BCUT2D eigenvalue weighted by Crippen LogP contribution is -2.25. The highest BCUT2D eigenvalue weighted by atomic mass is 16.5. The third-order valence-corrected chi connectivity index (χ3v) is 3.53. The number of anilines is 3. The van der Waals surface area contributed by atoms with Gasteiger partial charge in [-0.05, 0) is 57.2 Å². The second-order valence-electron chi connectivity index (χ2n) is 6.86. The second-order valence-corrected chi connectivity index (χ2v) is 6.86. The predicted octanol–water partition coefficient (Wildman–Crippen LogP) is 6.03. The first kappa shape index (κ1) is 16.9. The molecule has 3 aromatic carbocycles. The molecule has 3 nitrogen and oxygen atoms in total. The molecule has 25 heavy (non-hydrogen) atoms. The number of hydrogen-bond donors (Lipinski definition) is 1. The number of benzene rings is 3. The standard InChI is InChI=1S/C22H24N2O/c1-22(2,3)25-21-16-10-15-20(17-21)24(19-13-8-5-9-14-19)23-18-11-6-4-7-12-18/h4-17,23H,1-3H3. The Morgan fingerprint density at radius 1 is 0.720 bits per heavy atom. The Kier molecular flexibility index (Phi) is 4.94. The van der Waals surface area contributed by atoms with Gasteiger partial charge in [-0.3, -0.25) is 10.4 Å². The van der Waals surface area contributed by atoms with E-state index in [9.17, 15) is 0 Å². The van der Waals surface area contributed by atoms with Crippen molar-refractivity contribution in [2.75, 3.05) is 10.4 Å². The topological polar surface area (TPSA) is 24.5 Å². The lowest BCUT2D eigenvalue weighted by molar-refractivity contribution is 0.131. The summed E-state index contributed by atoms with van der Waals surface area (Å²) in [6.07, 6.45) is 0. The average molecular weight is 332 g/mol. The number of hydrogen-bond acceptors (Lipinski definition) is 3. The summed E-state index contributed by atoms with van der Waals surface area (Å²) >= 11 is 0. The maximum atomic E-state index is 6.02. The summed E-state index contributed by atoms with van der Waals surface area (Å²) in [6.45, 7) is 6.16. The van der Waals surface area contributed by atoms with E-state index in [0.717, 1.165) is 22.8 Å². The predicted molar refractivity (Wildman–Crippen MR) is 105 cm³/mol. The molecule has 128 valence electrons. The Bertz CT molecular complexity index is 795. The molecule has 0 spiro atoms. The Hall–Kier alpha value is -2.94. The van der Waals surface area contributed by atoms with E-state index in [0.29, 0.717) is 0 Å². The van der Waals surface area contributed by atoms with Crippen LogP contribution >= 0.6 is 0 Å².